The van der Waals surface area contributed by atoms with E-state index in [-0.39, 0.29) is 12.3 Å². The minimum atomic E-state index is -0.526. The second-order valence-corrected chi connectivity index (χ2v) is 5.14. The van der Waals surface area contributed by atoms with Gasteiger partial charge in [-0.15, -0.1) is 0 Å². The van der Waals surface area contributed by atoms with Gasteiger partial charge in [-0.2, -0.15) is 10.1 Å². The van der Waals surface area contributed by atoms with Gasteiger partial charge < -0.3 is 10.1 Å². The Morgan fingerprint density at radius 3 is 2.75 bits per heavy atom. The van der Waals surface area contributed by atoms with E-state index in [1.807, 2.05) is 0 Å². The molecular formula is C15H15N5O4. The Bertz CT molecular complexity index is 825. The number of rotatable bonds is 4. The Morgan fingerprint density at radius 2 is 2.12 bits per heavy atom. The van der Waals surface area contributed by atoms with E-state index in [4.69, 9.17) is 4.74 Å². The van der Waals surface area contributed by atoms with Gasteiger partial charge in [0.1, 0.15) is 6.33 Å². The van der Waals surface area contributed by atoms with Crippen molar-refractivity contribution in [1.82, 2.24) is 14.8 Å². The number of aromatic nitrogens is 3. The van der Waals surface area contributed by atoms with E-state index >= 15 is 0 Å². The molecular weight excluding hydrogens is 314 g/mol. The maximum absolute atomic E-state index is 12.4. The van der Waals surface area contributed by atoms with E-state index in [0.717, 1.165) is 0 Å². The molecule has 0 amide bonds. The number of ether oxygens (including phenoxy) is 1. The molecule has 0 saturated heterocycles. The van der Waals surface area contributed by atoms with Crippen LogP contribution in [-0.4, -0.2) is 32.3 Å². The van der Waals surface area contributed by atoms with Crippen LogP contribution in [0, 0.1) is 10.1 Å². The SMILES string of the molecule is CCOC(=O)C1=C(C)n2ncnc2NC1c1ccc([N+](=O)[O-])cc1. The van der Waals surface area contributed by atoms with Gasteiger partial charge in [0.15, 0.2) is 0 Å². The number of esters is 1. The lowest BCUT2D eigenvalue weighted by molar-refractivity contribution is -0.384. The van der Waals surface area contributed by atoms with Crippen molar-refractivity contribution in [3.8, 4) is 0 Å². The van der Waals surface area contributed by atoms with Crippen molar-refractivity contribution < 1.29 is 14.5 Å². The Kier molecular flexibility index (Phi) is 3.98. The highest BCUT2D eigenvalue weighted by Gasteiger charge is 2.33. The molecule has 1 N–H and O–H groups in total. The quantitative estimate of drug-likeness (QED) is 0.519. The van der Waals surface area contributed by atoms with Crippen LogP contribution in [0.5, 0.6) is 0 Å². The van der Waals surface area contributed by atoms with E-state index < -0.39 is 16.9 Å². The van der Waals surface area contributed by atoms with Gasteiger partial charge in [-0.1, -0.05) is 0 Å². The maximum Gasteiger partial charge on any atom is 0.338 e. The van der Waals surface area contributed by atoms with Crippen LogP contribution in [0.15, 0.2) is 36.2 Å². The first-order valence-corrected chi connectivity index (χ1v) is 7.32. The fraction of sp³-hybridized carbons (Fsp3) is 0.267. The first-order valence-electron chi connectivity index (χ1n) is 7.32. The number of nitrogens with zero attached hydrogens (tertiary/aromatic N) is 4. The van der Waals surface area contributed by atoms with Crippen LogP contribution in [0.4, 0.5) is 11.6 Å². The lowest BCUT2D eigenvalue weighted by Gasteiger charge is -2.28. The van der Waals surface area contributed by atoms with Gasteiger partial charge in [-0.3, -0.25) is 10.1 Å². The Balaban J connectivity index is 2.06. The third kappa shape index (κ3) is 2.60. The van der Waals surface area contributed by atoms with Gasteiger partial charge in [-0.25, -0.2) is 9.48 Å². The molecule has 1 aliphatic rings. The predicted molar refractivity (Wildman–Crippen MR) is 85.0 cm³/mol. The molecule has 2 aromatic rings. The number of carbonyl (C=O) groups is 1. The number of carbonyl (C=O) groups excluding carboxylic acids is 1. The predicted octanol–water partition coefficient (Wildman–Crippen LogP) is 2.15. The normalized spacial score (nSPS) is 16.3. The highest BCUT2D eigenvalue weighted by Crippen LogP contribution is 2.35. The summed E-state index contributed by atoms with van der Waals surface area (Å²) in [5, 5.41) is 18.0. The van der Waals surface area contributed by atoms with Crippen molar-refractivity contribution in [2.75, 3.05) is 11.9 Å². The first-order chi connectivity index (χ1) is 11.5. The molecule has 0 saturated carbocycles. The van der Waals surface area contributed by atoms with Crippen molar-refractivity contribution in [2.45, 2.75) is 19.9 Å². The monoisotopic (exact) mass is 329 g/mol. The fourth-order valence-corrected chi connectivity index (χ4v) is 2.62. The van der Waals surface area contributed by atoms with Crippen LogP contribution in [0.25, 0.3) is 5.70 Å². The number of nitro benzene ring substituents is 1. The average molecular weight is 329 g/mol. The van der Waals surface area contributed by atoms with E-state index in [9.17, 15) is 14.9 Å². The zero-order chi connectivity index (χ0) is 17.3. The molecule has 9 nitrogen and oxygen atoms in total. The van der Waals surface area contributed by atoms with E-state index in [2.05, 4.69) is 15.4 Å². The van der Waals surface area contributed by atoms with E-state index in [1.165, 1.54) is 23.1 Å². The summed E-state index contributed by atoms with van der Waals surface area (Å²) in [4.78, 5) is 26.9. The van der Waals surface area contributed by atoms with Crippen molar-refractivity contribution in [1.29, 1.82) is 0 Å². The number of nitro groups is 1. The molecule has 124 valence electrons. The molecule has 1 aromatic carbocycles. The maximum atomic E-state index is 12.4. The Hall–Kier alpha value is -3.23. The number of hydrogen-bond acceptors (Lipinski definition) is 7. The molecule has 1 unspecified atom stereocenters. The molecule has 2 heterocycles. The zero-order valence-electron chi connectivity index (χ0n) is 13.1. The largest absolute Gasteiger partial charge is 0.463 e. The molecule has 9 heteroatoms. The Morgan fingerprint density at radius 1 is 1.42 bits per heavy atom. The molecule has 3 rings (SSSR count). The first kappa shape index (κ1) is 15.7. The van der Waals surface area contributed by atoms with E-state index in [0.29, 0.717) is 22.8 Å². The van der Waals surface area contributed by atoms with Crippen LogP contribution in [0.2, 0.25) is 0 Å². The summed E-state index contributed by atoms with van der Waals surface area (Å²) in [7, 11) is 0. The lowest BCUT2D eigenvalue weighted by atomic mass is 9.95. The van der Waals surface area contributed by atoms with Gasteiger partial charge in [0, 0.05) is 12.1 Å². The highest BCUT2D eigenvalue weighted by molar-refractivity contribution is 5.97. The smallest absolute Gasteiger partial charge is 0.338 e. The molecule has 24 heavy (non-hydrogen) atoms. The van der Waals surface area contributed by atoms with Crippen molar-refractivity contribution in [2.24, 2.45) is 0 Å². The second-order valence-electron chi connectivity index (χ2n) is 5.14. The summed E-state index contributed by atoms with van der Waals surface area (Å²) < 4.78 is 6.67. The number of fused-ring (bicyclic) bond motifs is 1. The van der Waals surface area contributed by atoms with Crippen LogP contribution >= 0.6 is 0 Å². The van der Waals surface area contributed by atoms with Crippen molar-refractivity contribution >= 4 is 23.3 Å². The standard InChI is InChI=1S/C15H15N5O4/c1-3-24-14(21)12-9(2)19-15(16-8-17-19)18-13(12)10-4-6-11(7-5-10)20(22)23/h4-8,13H,3H2,1-2H3,(H,16,17,18). The molecule has 0 radical (unpaired) electrons. The lowest BCUT2D eigenvalue weighted by Crippen LogP contribution is -2.28. The molecule has 0 bridgehead atoms. The molecule has 1 atom stereocenters. The number of non-ortho nitro benzene ring substituents is 1. The van der Waals surface area contributed by atoms with Gasteiger partial charge >= 0.3 is 5.97 Å². The van der Waals surface area contributed by atoms with Crippen LogP contribution in [0.3, 0.4) is 0 Å². The third-order valence-corrected chi connectivity index (χ3v) is 3.75. The van der Waals surface area contributed by atoms with Crippen molar-refractivity contribution in [3.63, 3.8) is 0 Å². The molecule has 1 aromatic heterocycles. The number of nitrogens with one attached hydrogen (secondary N) is 1. The fourth-order valence-electron chi connectivity index (χ4n) is 2.62. The molecule has 0 spiro atoms. The summed E-state index contributed by atoms with van der Waals surface area (Å²) in [6, 6.07) is 5.48. The van der Waals surface area contributed by atoms with Gasteiger partial charge in [0.05, 0.1) is 28.8 Å². The average Bonchev–Trinajstić information content (AvgIpc) is 3.04. The summed E-state index contributed by atoms with van der Waals surface area (Å²) in [5.41, 5.74) is 1.67. The molecule has 0 aliphatic carbocycles. The van der Waals surface area contributed by atoms with E-state index in [1.54, 1.807) is 26.0 Å². The highest BCUT2D eigenvalue weighted by atomic mass is 16.6. The number of allylic oxidation sites excluding steroid dienone is 1. The van der Waals surface area contributed by atoms with Gasteiger partial charge in [0.25, 0.3) is 5.69 Å². The molecule has 1 aliphatic heterocycles. The minimum Gasteiger partial charge on any atom is -0.463 e. The molecule has 0 fully saturated rings. The van der Waals surface area contributed by atoms with Crippen LogP contribution in [-0.2, 0) is 9.53 Å². The zero-order valence-corrected chi connectivity index (χ0v) is 13.1. The van der Waals surface area contributed by atoms with Gasteiger partial charge in [-0.05, 0) is 31.5 Å². The number of hydrogen-bond donors (Lipinski definition) is 1. The topological polar surface area (TPSA) is 112 Å². The Labute approximate surface area is 137 Å². The van der Waals surface area contributed by atoms with Crippen LogP contribution in [0.1, 0.15) is 25.5 Å². The minimum absolute atomic E-state index is 0.0175. The van der Waals surface area contributed by atoms with Crippen molar-refractivity contribution in [3.05, 3.63) is 51.8 Å². The summed E-state index contributed by atoms with van der Waals surface area (Å²) in [6.45, 7) is 3.72. The summed E-state index contributed by atoms with van der Waals surface area (Å²) in [5.74, 6) is 0.0240. The second kappa shape index (κ2) is 6.11. The van der Waals surface area contributed by atoms with Crippen LogP contribution < -0.4 is 5.32 Å². The van der Waals surface area contributed by atoms with Gasteiger partial charge in [0.2, 0.25) is 5.95 Å². The summed E-state index contributed by atoms with van der Waals surface area (Å²) in [6.07, 6.45) is 1.38. The summed E-state index contributed by atoms with van der Waals surface area (Å²) >= 11 is 0. The number of anilines is 1. The number of benzene rings is 1. The third-order valence-electron chi connectivity index (χ3n) is 3.75.